The predicted octanol–water partition coefficient (Wildman–Crippen LogP) is 5.11. The number of benzene rings is 1. The van der Waals surface area contributed by atoms with E-state index in [1.54, 1.807) is 0 Å². The van der Waals surface area contributed by atoms with Crippen LogP contribution >= 0.6 is 0 Å². The molecule has 0 amide bonds. The number of rotatable bonds is 2. The van der Waals surface area contributed by atoms with Crippen LogP contribution in [0.15, 0.2) is 73.3 Å². The maximum Gasteiger partial charge on any atom is 0.169 e. The molecule has 0 aliphatic carbocycles. The molecule has 0 aliphatic rings. The molecule has 0 unspecified atom stereocenters. The molecule has 0 spiro atoms. The van der Waals surface area contributed by atoms with Crippen LogP contribution < -0.4 is 9.13 Å². The van der Waals surface area contributed by atoms with E-state index in [9.17, 15) is 0 Å². The SMILES string of the molecule is CC(C)(C)[n+]1ccc(-c2ccc(-c3cc[n+](C(C)(C)C)cc3)cc2)cc1. The summed E-state index contributed by atoms with van der Waals surface area (Å²) in [4.78, 5) is 0. The average Bonchev–Trinajstić information content (AvgIpc) is 2.61. The van der Waals surface area contributed by atoms with Gasteiger partial charge < -0.3 is 0 Å². The molecule has 134 valence electrons. The van der Waals surface area contributed by atoms with Gasteiger partial charge >= 0.3 is 0 Å². The average molecular weight is 347 g/mol. The van der Waals surface area contributed by atoms with Gasteiger partial charge in [0.25, 0.3) is 0 Å². The van der Waals surface area contributed by atoms with Crippen molar-refractivity contribution in [1.29, 1.82) is 0 Å². The van der Waals surface area contributed by atoms with Crippen LogP contribution in [-0.2, 0) is 11.1 Å². The van der Waals surface area contributed by atoms with Crippen LogP contribution in [0.1, 0.15) is 41.5 Å². The Morgan fingerprint density at radius 1 is 0.423 bits per heavy atom. The zero-order valence-electron chi connectivity index (χ0n) is 16.8. The molecule has 0 saturated carbocycles. The van der Waals surface area contributed by atoms with E-state index in [2.05, 4.69) is 124 Å². The fourth-order valence-electron chi connectivity index (χ4n) is 2.99. The first-order valence-corrected chi connectivity index (χ1v) is 9.29. The van der Waals surface area contributed by atoms with Crippen molar-refractivity contribution in [3.05, 3.63) is 73.3 Å². The Hall–Kier alpha value is -2.48. The smallest absolute Gasteiger partial charge is 0.169 e. The maximum atomic E-state index is 2.24. The minimum atomic E-state index is 0.111. The molecule has 0 N–H and O–H groups in total. The van der Waals surface area contributed by atoms with E-state index in [0.29, 0.717) is 0 Å². The van der Waals surface area contributed by atoms with Gasteiger partial charge in [0, 0.05) is 65.8 Å². The molecule has 0 bridgehead atoms. The standard InChI is InChI=1S/C24H30N2/c1-23(2,3)25-15-11-21(12-16-25)19-7-9-20(10-8-19)22-13-17-26(18-14-22)24(4,5)6/h7-18H,1-6H3/q+2. The molecule has 1 aromatic carbocycles. The summed E-state index contributed by atoms with van der Waals surface area (Å²) in [6.45, 7) is 13.3. The molecule has 3 aromatic rings. The van der Waals surface area contributed by atoms with Crippen LogP contribution in [0.4, 0.5) is 0 Å². The molecule has 2 nitrogen and oxygen atoms in total. The van der Waals surface area contributed by atoms with Gasteiger partial charge in [-0.25, -0.2) is 9.13 Å². The zero-order valence-corrected chi connectivity index (χ0v) is 16.8. The third-order valence-corrected chi connectivity index (χ3v) is 4.76. The lowest BCUT2D eigenvalue weighted by molar-refractivity contribution is -0.754. The number of pyridine rings is 2. The van der Waals surface area contributed by atoms with Crippen LogP contribution in [-0.4, -0.2) is 0 Å². The van der Waals surface area contributed by atoms with Crippen LogP contribution in [0.25, 0.3) is 22.3 Å². The van der Waals surface area contributed by atoms with E-state index in [4.69, 9.17) is 0 Å². The van der Waals surface area contributed by atoms with Crippen molar-refractivity contribution in [2.45, 2.75) is 52.6 Å². The van der Waals surface area contributed by atoms with E-state index >= 15 is 0 Å². The molecule has 2 aromatic heterocycles. The van der Waals surface area contributed by atoms with Crippen LogP contribution in [0.2, 0.25) is 0 Å². The minimum absolute atomic E-state index is 0.111. The Morgan fingerprint density at radius 2 is 0.654 bits per heavy atom. The third-order valence-electron chi connectivity index (χ3n) is 4.76. The first-order chi connectivity index (χ1) is 12.1. The first kappa shape index (κ1) is 18.3. The minimum Gasteiger partial charge on any atom is -0.201 e. The fourth-order valence-corrected chi connectivity index (χ4v) is 2.99. The molecule has 0 fully saturated rings. The summed E-state index contributed by atoms with van der Waals surface area (Å²) in [5.74, 6) is 0. The van der Waals surface area contributed by atoms with Crippen LogP contribution in [0.5, 0.6) is 0 Å². The summed E-state index contributed by atoms with van der Waals surface area (Å²) in [6.07, 6.45) is 8.63. The molecule has 0 atom stereocenters. The normalized spacial score (nSPS) is 12.2. The molecular weight excluding hydrogens is 316 g/mol. The number of hydrogen-bond donors (Lipinski definition) is 0. The van der Waals surface area contributed by atoms with Gasteiger partial charge in [0.15, 0.2) is 35.9 Å². The van der Waals surface area contributed by atoms with Crippen molar-refractivity contribution >= 4 is 0 Å². The lowest BCUT2D eigenvalue weighted by Gasteiger charge is -2.13. The van der Waals surface area contributed by atoms with Crippen molar-refractivity contribution in [3.8, 4) is 22.3 Å². The van der Waals surface area contributed by atoms with Crippen molar-refractivity contribution in [1.82, 2.24) is 0 Å². The fraction of sp³-hybridized carbons (Fsp3) is 0.333. The topological polar surface area (TPSA) is 7.76 Å². The Kier molecular flexibility index (Phi) is 4.70. The highest BCUT2D eigenvalue weighted by Crippen LogP contribution is 2.24. The van der Waals surface area contributed by atoms with E-state index in [-0.39, 0.29) is 11.1 Å². The van der Waals surface area contributed by atoms with E-state index in [1.165, 1.54) is 22.3 Å². The molecule has 0 aliphatic heterocycles. The highest BCUT2D eigenvalue weighted by atomic mass is 15.0. The van der Waals surface area contributed by atoms with E-state index in [0.717, 1.165) is 0 Å². The van der Waals surface area contributed by atoms with E-state index in [1.807, 2.05) is 0 Å². The Bertz CT molecular complexity index is 783. The maximum absolute atomic E-state index is 2.24. The summed E-state index contributed by atoms with van der Waals surface area (Å²) in [5, 5.41) is 0. The number of hydrogen-bond acceptors (Lipinski definition) is 0. The molecule has 2 heterocycles. The van der Waals surface area contributed by atoms with Crippen LogP contribution in [0.3, 0.4) is 0 Å². The predicted molar refractivity (Wildman–Crippen MR) is 108 cm³/mol. The lowest BCUT2D eigenvalue weighted by Crippen LogP contribution is -2.49. The molecule has 2 heteroatoms. The quantitative estimate of drug-likeness (QED) is 0.570. The largest absolute Gasteiger partial charge is 0.201 e. The molecule has 0 saturated heterocycles. The van der Waals surface area contributed by atoms with Gasteiger partial charge in [-0.15, -0.1) is 0 Å². The van der Waals surface area contributed by atoms with Crippen molar-refractivity contribution in [2.24, 2.45) is 0 Å². The van der Waals surface area contributed by atoms with Gasteiger partial charge in [-0.3, -0.25) is 0 Å². The second-order valence-corrected chi connectivity index (χ2v) is 8.91. The summed E-state index contributed by atoms with van der Waals surface area (Å²) in [7, 11) is 0. The monoisotopic (exact) mass is 346 g/mol. The molecular formula is C24H30N2+2. The van der Waals surface area contributed by atoms with Gasteiger partial charge in [0.2, 0.25) is 0 Å². The van der Waals surface area contributed by atoms with Crippen LogP contribution in [0, 0.1) is 0 Å². The zero-order chi connectivity index (χ0) is 18.9. The summed E-state index contributed by atoms with van der Waals surface area (Å²) in [6, 6.07) is 17.6. The summed E-state index contributed by atoms with van der Waals surface area (Å²) in [5.41, 5.74) is 5.21. The second kappa shape index (κ2) is 6.68. The summed E-state index contributed by atoms with van der Waals surface area (Å²) < 4.78 is 4.47. The molecule has 3 rings (SSSR count). The number of aromatic nitrogens is 2. The second-order valence-electron chi connectivity index (χ2n) is 8.91. The Morgan fingerprint density at radius 3 is 0.885 bits per heavy atom. The first-order valence-electron chi connectivity index (χ1n) is 9.29. The highest BCUT2D eigenvalue weighted by molar-refractivity contribution is 5.69. The Balaban J connectivity index is 1.82. The number of nitrogens with zero attached hydrogens (tertiary/aromatic N) is 2. The third kappa shape index (κ3) is 4.01. The van der Waals surface area contributed by atoms with Gasteiger partial charge in [0.05, 0.1) is 0 Å². The molecule has 0 radical (unpaired) electrons. The van der Waals surface area contributed by atoms with Gasteiger partial charge in [-0.05, 0) is 22.3 Å². The summed E-state index contributed by atoms with van der Waals surface area (Å²) >= 11 is 0. The van der Waals surface area contributed by atoms with Crippen molar-refractivity contribution in [2.75, 3.05) is 0 Å². The van der Waals surface area contributed by atoms with Crippen molar-refractivity contribution < 1.29 is 9.13 Å². The van der Waals surface area contributed by atoms with Gasteiger partial charge in [-0.2, -0.15) is 0 Å². The van der Waals surface area contributed by atoms with Gasteiger partial charge in [-0.1, -0.05) is 24.3 Å². The van der Waals surface area contributed by atoms with Gasteiger partial charge in [0.1, 0.15) is 0 Å². The lowest BCUT2D eigenvalue weighted by atomic mass is 10.0. The van der Waals surface area contributed by atoms with E-state index < -0.39 is 0 Å². The highest BCUT2D eigenvalue weighted by Gasteiger charge is 2.21. The Labute approximate surface area is 157 Å². The molecule has 26 heavy (non-hydrogen) atoms. The van der Waals surface area contributed by atoms with Crippen molar-refractivity contribution in [3.63, 3.8) is 0 Å².